The summed E-state index contributed by atoms with van der Waals surface area (Å²) in [6.45, 7) is 5.50. The van der Waals surface area contributed by atoms with Gasteiger partial charge in [-0.05, 0) is 44.9 Å². The van der Waals surface area contributed by atoms with E-state index in [4.69, 9.17) is 0 Å². The van der Waals surface area contributed by atoms with Gasteiger partial charge in [0, 0.05) is 19.6 Å². The van der Waals surface area contributed by atoms with E-state index in [0.29, 0.717) is 0 Å². The molecular formula is C17H26Cl2N4O. The number of benzene rings is 1. The van der Waals surface area contributed by atoms with E-state index in [0.717, 1.165) is 56.8 Å². The van der Waals surface area contributed by atoms with E-state index in [1.165, 1.54) is 5.52 Å². The standard InChI is InChI=1S/C17H24N4O.2ClH/c1-13-20-15-7-2-3-8-16(15)21(13)11-5-10-19-17(22)14-6-4-9-18-12-14;;/h2-3,7-8,14,18H,4-6,9-12H2,1H3,(H,19,22);2*1H. The van der Waals surface area contributed by atoms with Crippen LogP contribution in [0.1, 0.15) is 25.1 Å². The average Bonchev–Trinajstić information content (AvgIpc) is 2.88. The number of aryl methyl sites for hydroxylation is 2. The van der Waals surface area contributed by atoms with E-state index in [1.807, 2.05) is 25.1 Å². The third-order valence-electron chi connectivity index (χ3n) is 4.37. The van der Waals surface area contributed by atoms with Crippen LogP contribution < -0.4 is 10.6 Å². The molecule has 1 unspecified atom stereocenters. The topological polar surface area (TPSA) is 59.0 Å². The number of carbonyl (C=O) groups is 1. The van der Waals surface area contributed by atoms with Gasteiger partial charge in [0.1, 0.15) is 5.82 Å². The summed E-state index contributed by atoms with van der Waals surface area (Å²) in [5, 5.41) is 6.35. The van der Waals surface area contributed by atoms with Crippen LogP contribution in [0, 0.1) is 12.8 Å². The van der Waals surface area contributed by atoms with Crippen LogP contribution in [0.2, 0.25) is 0 Å². The lowest BCUT2D eigenvalue weighted by molar-refractivity contribution is -0.125. The third-order valence-corrected chi connectivity index (χ3v) is 4.37. The van der Waals surface area contributed by atoms with Crippen molar-refractivity contribution < 1.29 is 4.79 Å². The molecule has 1 saturated heterocycles. The van der Waals surface area contributed by atoms with Crippen molar-refractivity contribution in [2.24, 2.45) is 5.92 Å². The van der Waals surface area contributed by atoms with Crippen LogP contribution >= 0.6 is 24.8 Å². The maximum Gasteiger partial charge on any atom is 0.224 e. The number of para-hydroxylation sites is 2. The van der Waals surface area contributed by atoms with Gasteiger partial charge in [0.05, 0.1) is 17.0 Å². The average molecular weight is 373 g/mol. The molecular weight excluding hydrogens is 347 g/mol. The zero-order chi connectivity index (χ0) is 15.4. The van der Waals surface area contributed by atoms with Gasteiger partial charge in [0.15, 0.2) is 0 Å². The predicted molar refractivity (Wildman–Crippen MR) is 102 cm³/mol. The maximum atomic E-state index is 12.1. The maximum absolute atomic E-state index is 12.1. The lowest BCUT2D eigenvalue weighted by atomic mass is 9.99. The van der Waals surface area contributed by atoms with E-state index in [1.54, 1.807) is 0 Å². The minimum absolute atomic E-state index is 0. The van der Waals surface area contributed by atoms with E-state index in [-0.39, 0.29) is 36.6 Å². The summed E-state index contributed by atoms with van der Waals surface area (Å²) in [6.07, 6.45) is 3.02. The van der Waals surface area contributed by atoms with Crippen molar-refractivity contribution in [1.29, 1.82) is 0 Å². The fourth-order valence-electron chi connectivity index (χ4n) is 3.15. The lowest BCUT2D eigenvalue weighted by Crippen LogP contribution is -2.40. The number of nitrogens with zero attached hydrogens (tertiary/aromatic N) is 2. The number of nitrogens with one attached hydrogen (secondary N) is 2. The highest BCUT2D eigenvalue weighted by Gasteiger charge is 2.20. The molecule has 1 aromatic heterocycles. The molecule has 0 bridgehead atoms. The molecule has 0 radical (unpaired) electrons. The van der Waals surface area contributed by atoms with Gasteiger partial charge >= 0.3 is 0 Å². The molecule has 1 amide bonds. The number of fused-ring (bicyclic) bond motifs is 1. The van der Waals surface area contributed by atoms with Gasteiger partial charge in [0.25, 0.3) is 0 Å². The van der Waals surface area contributed by atoms with E-state index in [2.05, 4.69) is 26.3 Å². The van der Waals surface area contributed by atoms with Gasteiger partial charge in [-0.15, -0.1) is 24.8 Å². The summed E-state index contributed by atoms with van der Waals surface area (Å²) >= 11 is 0. The van der Waals surface area contributed by atoms with Crippen LogP contribution in [0.4, 0.5) is 0 Å². The van der Waals surface area contributed by atoms with Crippen LogP contribution in [-0.4, -0.2) is 35.1 Å². The molecule has 0 aliphatic carbocycles. The van der Waals surface area contributed by atoms with E-state index in [9.17, 15) is 4.79 Å². The van der Waals surface area contributed by atoms with Crippen LogP contribution in [0.25, 0.3) is 11.0 Å². The molecule has 1 aliphatic heterocycles. The molecule has 24 heavy (non-hydrogen) atoms. The molecule has 1 aliphatic rings. The Bertz CT molecular complexity index is 653. The Morgan fingerprint density at radius 1 is 1.38 bits per heavy atom. The molecule has 2 N–H and O–H groups in total. The molecule has 1 aromatic carbocycles. The Balaban J connectivity index is 0.00000144. The number of halogens is 2. The highest BCUT2D eigenvalue weighted by Crippen LogP contribution is 2.15. The van der Waals surface area contributed by atoms with Crippen molar-refractivity contribution in [3.63, 3.8) is 0 Å². The Hall–Kier alpha value is -1.30. The van der Waals surface area contributed by atoms with Crippen molar-refractivity contribution in [3.8, 4) is 0 Å². The molecule has 0 spiro atoms. The molecule has 134 valence electrons. The summed E-state index contributed by atoms with van der Waals surface area (Å²) in [5.74, 6) is 1.37. The first-order valence-corrected chi connectivity index (χ1v) is 8.16. The number of piperidine rings is 1. The summed E-state index contributed by atoms with van der Waals surface area (Å²) in [5.41, 5.74) is 2.21. The van der Waals surface area contributed by atoms with Crippen molar-refractivity contribution in [3.05, 3.63) is 30.1 Å². The summed E-state index contributed by atoms with van der Waals surface area (Å²) < 4.78 is 2.23. The second kappa shape index (κ2) is 9.87. The second-order valence-electron chi connectivity index (χ2n) is 5.99. The molecule has 1 fully saturated rings. The van der Waals surface area contributed by atoms with Gasteiger partial charge < -0.3 is 15.2 Å². The monoisotopic (exact) mass is 372 g/mol. The number of carbonyl (C=O) groups excluding carboxylic acids is 1. The van der Waals surface area contributed by atoms with Gasteiger partial charge in [0.2, 0.25) is 5.91 Å². The number of hydrogen-bond acceptors (Lipinski definition) is 3. The molecule has 7 heteroatoms. The summed E-state index contributed by atoms with van der Waals surface area (Å²) in [4.78, 5) is 16.6. The van der Waals surface area contributed by atoms with Crippen LogP contribution in [0.15, 0.2) is 24.3 Å². The highest BCUT2D eigenvalue weighted by atomic mass is 35.5. The Labute approximate surface area is 155 Å². The Kier molecular flexibility index (Phi) is 8.53. The SMILES string of the molecule is Cc1nc2ccccc2n1CCCNC(=O)C1CCCNC1.Cl.Cl. The molecule has 2 heterocycles. The first-order valence-electron chi connectivity index (χ1n) is 8.16. The van der Waals surface area contributed by atoms with Crippen molar-refractivity contribution in [2.45, 2.75) is 32.7 Å². The predicted octanol–water partition coefficient (Wildman–Crippen LogP) is 2.69. The minimum atomic E-state index is 0. The third kappa shape index (κ3) is 4.85. The van der Waals surface area contributed by atoms with Gasteiger partial charge in [-0.1, -0.05) is 12.1 Å². The summed E-state index contributed by atoms with van der Waals surface area (Å²) in [6, 6.07) is 8.19. The molecule has 3 rings (SSSR count). The fraction of sp³-hybridized carbons (Fsp3) is 0.529. The van der Waals surface area contributed by atoms with Crippen LogP contribution in [0.3, 0.4) is 0 Å². The van der Waals surface area contributed by atoms with Gasteiger partial charge in [-0.2, -0.15) is 0 Å². The fourth-order valence-corrected chi connectivity index (χ4v) is 3.15. The Morgan fingerprint density at radius 2 is 2.17 bits per heavy atom. The number of rotatable bonds is 5. The Morgan fingerprint density at radius 3 is 2.92 bits per heavy atom. The number of hydrogen-bond donors (Lipinski definition) is 2. The summed E-state index contributed by atoms with van der Waals surface area (Å²) in [7, 11) is 0. The zero-order valence-corrected chi connectivity index (χ0v) is 15.6. The van der Waals surface area contributed by atoms with Gasteiger partial charge in [-0.3, -0.25) is 4.79 Å². The molecule has 1 atom stereocenters. The van der Waals surface area contributed by atoms with Crippen LogP contribution in [-0.2, 0) is 11.3 Å². The molecule has 0 saturated carbocycles. The zero-order valence-electron chi connectivity index (χ0n) is 14.0. The van der Waals surface area contributed by atoms with Gasteiger partial charge in [-0.25, -0.2) is 4.98 Å². The quantitative estimate of drug-likeness (QED) is 0.793. The van der Waals surface area contributed by atoms with Crippen molar-refractivity contribution in [1.82, 2.24) is 20.2 Å². The second-order valence-corrected chi connectivity index (χ2v) is 5.99. The number of aromatic nitrogens is 2. The van der Waals surface area contributed by atoms with Crippen LogP contribution in [0.5, 0.6) is 0 Å². The number of amides is 1. The largest absolute Gasteiger partial charge is 0.356 e. The van der Waals surface area contributed by atoms with E-state index < -0.39 is 0 Å². The van der Waals surface area contributed by atoms with Crippen molar-refractivity contribution >= 4 is 41.8 Å². The normalized spacial score (nSPS) is 17.0. The molecule has 2 aromatic rings. The first-order chi connectivity index (χ1) is 10.8. The van der Waals surface area contributed by atoms with Crippen molar-refractivity contribution in [2.75, 3.05) is 19.6 Å². The molecule has 5 nitrogen and oxygen atoms in total. The van der Waals surface area contributed by atoms with E-state index >= 15 is 0 Å². The smallest absolute Gasteiger partial charge is 0.224 e. The number of imidazole rings is 1. The minimum Gasteiger partial charge on any atom is -0.356 e. The first kappa shape index (κ1) is 20.7. The lowest BCUT2D eigenvalue weighted by Gasteiger charge is -2.21. The highest BCUT2D eigenvalue weighted by molar-refractivity contribution is 5.85.